The number of hydrogen-bond donors (Lipinski definition) is 2. The first-order chi connectivity index (χ1) is 12.0. The third-order valence-electron chi connectivity index (χ3n) is 5.00. The molecule has 4 heteroatoms. The minimum atomic E-state index is 0.110. The molecule has 3 rings (SSSR count). The van der Waals surface area contributed by atoms with Crippen LogP contribution in [0.15, 0.2) is 54.6 Å². The third kappa shape index (κ3) is 4.60. The molecule has 0 aliphatic heterocycles. The quantitative estimate of drug-likeness (QED) is 0.816. The standard InChI is InChI=1S/C21H26N2O2/c1-23(2)17(12-15-8-10-18(24)11-9-15)14-22-21(25)20-13-19(20)16-6-4-3-5-7-16/h3-11,17,19-20,24H,12-14H2,1-2H3,(H,22,25)/t17-,19+,20?/m0/s1. The summed E-state index contributed by atoms with van der Waals surface area (Å²) in [5.41, 5.74) is 2.41. The molecule has 4 nitrogen and oxygen atoms in total. The topological polar surface area (TPSA) is 52.6 Å². The maximum absolute atomic E-state index is 12.5. The van der Waals surface area contributed by atoms with E-state index in [-0.39, 0.29) is 23.6 Å². The minimum Gasteiger partial charge on any atom is -0.508 e. The number of likely N-dealkylation sites (N-methyl/N-ethyl adjacent to an activating group) is 1. The van der Waals surface area contributed by atoms with E-state index in [1.165, 1.54) is 5.56 Å². The van der Waals surface area contributed by atoms with Crippen LogP contribution in [0.5, 0.6) is 5.75 Å². The molecule has 1 saturated carbocycles. The van der Waals surface area contributed by atoms with E-state index in [1.807, 2.05) is 44.4 Å². The number of nitrogens with one attached hydrogen (secondary N) is 1. The van der Waals surface area contributed by atoms with Gasteiger partial charge in [0.25, 0.3) is 0 Å². The van der Waals surface area contributed by atoms with Gasteiger partial charge >= 0.3 is 0 Å². The second-order valence-corrected chi connectivity index (χ2v) is 7.09. The monoisotopic (exact) mass is 338 g/mol. The fraction of sp³-hybridized carbons (Fsp3) is 0.381. The number of phenolic OH excluding ortho intramolecular Hbond substituents is 1. The van der Waals surface area contributed by atoms with Gasteiger partial charge in [0.15, 0.2) is 0 Å². The summed E-state index contributed by atoms with van der Waals surface area (Å²) in [6.45, 7) is 0.630. The Bertz CT molecular complexity index is 698. The van der Waals surface area contributed by atoms with Crippen LogP contribution in [-0.4, -0.2) is 42.6 Å². The van der Waals surface area contributed by atoms with E-state index in [0.717, 1.165) is 18.4 Å². The molecule has 132 valence electrons. The first-order valence-corrected chi connectivity index (χ1v) is 8.81. The zero-order valence-electron chi connectivity index (χ0n) is 14.9. The van der Waals surface area contributed by atoms with Crippen molar-refractivity contribution in [2.75, 3.05) is 20.6 Å². The first kappa shape index (κ1) is 17.5. The number of rotatable bonds is 7. The van der Waals surface area contributed by atoms with Crippen LogP contribution in [0.4, 0.5) is 0 Å². The second-order valence-electron chi connectivity index (χ2n) is 7.09. The van der Waals surface area contributed by atoms with Gasteiger partial charge in [-0.25, -0.2) is 0 Å². The van der Waals surface area contributed by atoms with Crippen LogP contribution >= 0.6 is 0 Å². The van der Waals surface area contributed by atoms with E-state index in [0.29, 0.717) is 12.5 Å². The lowest BCUT2D eigenvalue weighted by Gasteiger charge is -2.25. The number of amides is 1. The molecule has 25 heavy (non-hydrogen) atoms. The average molecular weight is 338 g/mol. The van der Waals surface area contributed by atoms with Crippen molar-refractivity contribution in [2.24, 2.45) is 5.92 Å². The fourth-order valence-corrected chi connectivity index (χ4v) is 3.24. The summed E-state index contributed by atoms with van der Waals surface area (Å²) < 4.78 is 0. The van der Waals surface area contributed by atoms with Gasteiger partial charge in [0, 0.05) is 18.5 Å². The van der Waals surface area contributed by atoms with Gasteiger partial charge in [0.1, 0.15) is 5.75 Å². The molecule has 0 bridgehead atoms. The van der Waals surface area contributed by atoms with Crippen LogP contribution in [0.25, 0.3) is 0 Å². The Hall–Kier alpha value is -2.33. The molecule has 0 radical (unpaired) electrons. The molecule has 3 atom stereocenters. The zero-order valence-corrected chi connectivity index (χ0v) is 14.9. The number of hydrogen-bond acceptors (Lipinski definition) is 3. The molecule has 1 aliphatic rings. The predicted octanol–water partition coefficient (Wildman–Crippen LogP) is 2.78. The van der Waals surface area contributed by atoms with E-state index in [2.05, 4.69) is 22.3 Å². The molecule has 1 aliphatic carbocycles. The SMILES string of the molecule is CN(C)[C@H](CNC(=O)C1C[C@@H]1c1ccccc1)Cc1ccc(O)cc1. The Morgan fingerprint density at radius 3 is 2.48 bits per heavy atom. The van der Waals surface area contributed by atoms with Crippen molar-refractivity contribution >= 4 is 5.91 Å². The van der Waals surface area contributed by atoms with Crippen LogP contribution in [0.3, 0.4) is 0 Å². The molecule has 2 aromatic carbocycles. The van der Waals surface area contributed by atoms with Crippen LogP contribution in [-0.2, 0) is 11.2 Å². The molecule has 0 heterocycles. The molecule has 0 aromatic heterocycles. The lowest BCUT2D eigenvalue weighted by Crippen LogP contribution is -2.42. The Balaban J connectivity index is 1.52. The Kier molecular flexibility index (Phi) is 5.39. The van der Waals surface area contributed by atoms with Gasteiger partial charge in [0.05, 0.1) is 0 Å². The summed E-state index contributed by atoms with van der Waals surface area (Å²) in [5.74, 6) is 0.917. The van der Waals surface area contributed by atoms with E-state index in [1.54, 1.807) is 12.1 Å². The van der Waals surface area contributed by atoms with Crippen molar-refractivity contribution in [3.8, 4) is 5.75 Å². The van der Waals surface area contributed by atoms with E-state index in [4.69, 9.17) is 0 Å². The van der Waals surface area contributed by atoms with Gasteiger partial charge in [-0.3, -0.25) is 4.79 Å². The Labute approximate surface area is 149 Å². The number of carbonyl (C=O) groups excluding carboxylic acids is 1. The number of aromatic hydroxyl groups is 1. The zero-order chi connectivity index (χ0) is 17.8. The number of benzene rings is 2. The second kappa shape index (κ2) is 7.70. The fourth-order valence-electron chi connectivity index (χ4n) is 3.24. The highest BCUT2D eigenvalue weighted by atomic mass is 16.3. The smallest absolute Gasteiger partial charge is 0.223 e. The first-order valence-electron chi connectivity index (χ1n) is 8.81. The van der Waals surface area contributed by atoms with E-state index < -0.39 is 0 Å². The van der Waals surface area contributed by atoms with Crippen molar-refractivity contribution in [1.82, 2.24) is 10.2 Å². The van der Waals surface area contributed by atoms with Gasteiger partial charge in [-0.05, 0) is 56.1 Å². The Morgan fingerprint density at radius 2 is 1.84 bits per heavy atom. The van der Waals surface area contributed by atoms with Crippen LogP contribution in [0, 0.1) is 5.92 Å². The maximum atomic E-state index is 12.5. The van der Waals surface area contributed by atoms with Crippen LogP contribution < -0.4 is 5.32 Å². The minimum absolute atomic E-state index is 0.110. The molecule has 0 spiro atoms. The summed E-state index contributed by atoms with van der Waals surface area (Å²) >= 11 is 0. The van der Waals surface area contributed by atoms with Gasteiger partial charge in [0.2, 0.25) is 5.91 Å². The summed E-state index contributed by atoms with van der Waals surface area (Å²) in [6.07, 6.45) is 1.78. The highest BCUT2D eigenvalue weighted by molar-refractivity contribution is 5.82. The number of phenols is 1. The summed E-state index contributed by atoms with van der Waals surface area (Å²) in [6, 6.07) is 17.8. The van der Waals surface area contributed by atoms with Crippen molar-refractivity contribution < 1.29 is 9.90 Å². The van der Waals surface area contributed by atoms with Gasteiger partial charge in [-0.15, -0.1) is 0 Å². The number of carbonyl (C=O) groups is 1. The molecule has 0 saturated heterocycles. The summed E-state index contributed by atoms with van der Waals surface area (Å²) in [4.78, 5) is 14.6. The normalized spacial score (nSPS) is 20.3. The maximum Gasteiger partial charge on any atom is 0.223 e. The lowest BCUT2D eigenvalue weighted by atomic mass is 10.0. The molecule has 1 unspecified atom stereocenters. The lowest BCUT2D eigenvalue weighted by molar-refractivity contribution is -0.122. The van der Waals surface area contributed by atoms with Gasteiger partial charge < -0.3 is 15.3 Å². The van der Waals surface area contributed by atoms with Crippen molar-refractivity contribution in [3.63, 3.8) is 0 Å². The molecule has 1 fully saturated rings. The van der Waals surface area contributed by atoms with Crippen LogP contribution in [0.1, 0.15) is 23.5 Å². The molecule has 2 aromatic rings. The van der Waals surface area contributed by atoms with E-state index in [9.17, 15) is 9.90 Å². The number of nitrogens with zero attached hydrogens (tertiary/aromatic N) is 1. The van der Waals surface area contributed by atoms with Crippen molar-refractivity contribution in [3.05, 3.63) is 65.7 Å². The van der Waals surface area contributed by atoms with Crippen LogP contribution in [0.2, 0.25) is 0 Å². The third-order valence-corrected chi connectivity index (χ3v) is 5.00. The molecular weight excluding hydrogens is 312 g/mol. The van der Waals surface area contributed by atoms with Gasteiger partial charge in [-0.1, -0.05) is 42.5 Å². The van der Waals surface area contributed by atoms with E-state index >= 15 is 0 Å². The van der Waals surface area contributed by atoms with Crippen molar-refractivity contribution in [1.29, 1.82) is 0 Å². The van der Waals surface area contributed by atoms with Crippen molar-refractivity contribution in [2.45, 2.75) is 24.8 Å². The highest BCUT2D eigenvalue weighted by Gasteiger charge is 2.43. The average Bonchev–Trinajstić information content (AvgIpc) is 3.41. The highest BCUT2D eigenvalue weighted by Crippen LogP contribution is 2.47. The Morgan fingerprint density at radius 1 is 1.16 bits per heavy atom. The van der Waals surface area contributed by atoms with Gasteiger partial charge in [-0.2, -0.15) is 0 Å². The molecular formula is C21H26N2O2. The molecule has 2 N–H and O–H groups in total. The molecule has 1 amide bonds. The summed E-state index contributed by atoms with van der Waals surface area (Å²) in [5, 5.41) is 12.5. The largest absolute Gasteiger partial charge is 0.508 e. The summed E-state index contributed by atoms with van der Waals surface area (Å²) in [7, 11) is 4.06. The predicted molar refractivity (Wildman–Crippen MR) is 99.6 cm³/mol.